The van der Waals surface area contributed by atoms with Gasteiger partial charge in [0.15, 0.2) is 11.6 Å². The molecule has 4 rings (SSSR count). The summed E-state index contributed by atoms with van der Waals surface area (Å²) < 4.78 is 29.4. The maximum Gasteiger partial charge on any atom is 0.329 e. The molecular weight excluding hydrogens is 835 g/mol. The van der Waals surface area contributed by atoms with Gasteiger partial charge in [-0.1, -0.05) is 71.1 Å². The van der Waals surface area contributed by atoms with E-state index < -0.39 is 83.9 Å². The third-order valence-electron chi connectivity index (χ3n) is 14.5. The van der Waals surface area contributed by atoms with E-state index in [0.717, 1.165) is 12.0 Å². The predicted molar refractivity (Wildman–Crippen MR) is 245 cm³/mol. The Morgan fingerprint density at radius 2 is 1.58 bits per heavy atom. The van der Waals surface area contributed by atoms with Crippen LogP contribution in [-0.2, 0) is 47.7 Å². The van der Waals surface area contributed by atoms with Crippen LogP contribution in [0.15, 0.2) is 47.6 Å². The molecule has 3 aliphatic heterocycles. The van der Waals surface area contributed by atoms with Gasteiger partial charge in [-0.15, -0.1) is 0 Å². The van der Waals surface area contributed by atoms with Crippen molar-refractivity contribution in [1.82, 2.24) is 4.90 Å². The number of nitrogens with zero attached hydrogens (tertiary/aromatic N) is 1. The summed E-state index contributed by atoms with van der Waals surface area (Å²) >= 11 is 0. The van der Waals surface area contributed by atoms with Gasteiger partial charge in [0.25, 0.3) is 11.7 Å². The first-order chi connectivity index (χ1) is 30.7. The Hall–Kier alpha value is -3.37. The molecule has 0 radical (unpaired) electrons. The Morgan fingerprint density at radius 3 is 2.26 bits per heavy atom. The van der Waals surface area contributed by atoms with Crippen molar-refractivity contribution in [2.75, 3.05) is 27.9 Å². The van der Waals surface area contributed by atoms with Crippen molar-refractivity contribution < 1.29 is 63.0 Å². The summed E-state index contributed by atoms with van der Waals surface area (Å²) in [6, 6.07) is -1.14. The van der Waals surface area contributed by atoms with E-state index in [1.54, 1.807) is 41.1 Å². The zero-order chi connectivity index (χ0) is 48.2. The van der Waals surface area contributed by atoms with Gasteiger partial charge in [-0.25, -0.2) is 4.79 Å². The highest BCUT2D eigenvalue weighted by Gasteiger charge is 2.53. The van der Waals surface area contributed by atoms with E-state index in [-0.39, 0.29) is 54.8 Å². The molecule has 14 nitrogen and oxygen atoms in total. The number of Topliss-reactive ketones (excluding diaryl/α,β-unsaturated/α-hetero) is 3. The number of carbonyl (C=O) groups is 5. The second-order valence-corrected chi connectivity index (χ2v) is 19.6. The summed E-state index contributed by atoms with van der Waals surface area (Å²) in [6.07, 6.45) is 11.2. The Balaban J connectivity index is 1.70. The lowest BCUT2D eigenvalue weighted by atomic mass is 9.78. The summed E-state index contributed by atoms with van der Waals surface area (Å²) in [6.45, 7) is 12.7. The minimum Gasteiger partial charge on any atom is -0.460 e. The van der Waals surface area contributed by atoms with Crippen LogP contribution in [0.2, 0.25) is 0 Å². The summed E-state index contributed by atoms with van der Waals surface area (Å²) in [5.74, 6) is -7.93. The number of piperidine rings is 1. The van der Waals surface area contributed by atoms with Crippen molar-refractivity contribution in [1.29, 1.82) is 0 Å². The highest BCUT2D eigenvalue weighted by atomic mass is 16.6. The van der Waals surface area contributed by atoms with Gasteiger partial charge in [-0.3, -0.25) is 19.2 Å². The van der Waals surface area contributed by atoms with Crippen molar-refractivity contribution in [3.05, 3.63) is 47.6 Å². The third kappa shape index (κ3) is 14.3. The van der Waals surface area contributed by atoms with Crippen LogP contribution in [-0.4, -0.2) is 132 Å². The standard InChI is InChI=1S/C51H79NO13/c1-30-16-12-11-13-17-31(2)42(61-8)28-38-21-19-36(7)51(60,65-38)48(57)49(58)52-23-15-14-18-39(52)50(59)64-43(33(4)26-37-20-22-40(53)44(27-37)62-9)29-41(54)32(3)25-35(6)46(56)47(63-10)45(55)34(5)24-30/h11-13,16-17,25,30,33-40,42-44,46-47,53,56,60H,14-15,18-24,26-29H2,1-10H3/b13-11?,16-12?,31-17?,32-25+/t30-,33-,34-,35?,36-,37?,38?,39?,40-,42+,43?,44-,46-,47+,51-/m1/s1. The van der Waals surface area contributed by atoms with E-state index in [9.17, 15) is 39.3 Å². The van der Waals surface area contributed by atoms with Gasteiger partial charge in [-0.05, 0) is 107 Å². The average molecular weight is 914 g/mol. The van der Waals surface area contributed by atoms with Crippen LogP contribution in [0, 0.1) is 35.5 Å². The molecule has 3 fully saturated rings. The number of methoxy groups -OCH3 is 3. The van der Waals surface area contributed by atoms with Crippen LogP contribution >= 0.6 is 0 Å². The Kier molecular flexibility index (Phi) is 21.0. The molecule has 4 aliphatic rings. The van der Waals surface area contributed by atoms with Crippen LogP contribution < -0.4 is 0 Å². The number of allylic oxidation sites excluding steroid dienone is 6. The quantitative estimate of drug-likeness (QED) is 0.202. The number of rotatable bonds is 6. The number of ether oxygens (including phenoxy) is 5. The molecular formula is C51H79NO13. The molecule has 1 amide bonds. The number of hydrogen-bond donors (Lipinski definition) is 3. The van der Waals surface area contributed by atoms with E-state index in [1.807, 2.05) is 58.1 Å². The number of esters is 1. The number of aliphatic hydroxyl groups is 3. The predicted octanol–water partition coefficient (Wildman–Crippen LogP) is 6.18. The summed E-state index contributed by atoms with van der Waals surface area (Å²) in [5, 5.41) is 33.9. The van der Waals surface area contributed by atoms with Crippen molar-refractivity contribution in [3.63, 3.8) is 0 Å². The van der Waals surface area contributed by atoms with E-state index >= 15 is 0 Å². The summed E-state index contributed by atoms with van der Waals surface area (Å²) in [7, 11) is 4.53. The molecule has 1 saturated carbocycles. The van der Waals surface area contributed by atoms with Crippen LogP contribution in [0.5, 0.6) is 0 Å². The molecule has 65 heavy (non-hydrogen) atoms. The molecule has 0 spiro atoms. The van der Waals surface area contributed by atoms with Crippen LogP contribution in [0.4, 0.5) is 0 Å². The average Bonchev–Trinajstić information content (AvgIpc) is 3.28. The van der Waals surface area contributed by atoms with E-state index in [2.05, 4.69) is 0 Å². The van der Waals surface area contributed by atoms with Gasteiger partial charge in [0.2, 0.25) is 5.79 Å². The normalized spacial score (nSPS) is 38.6. The number of aliphatic hydroxyl groups excluding tert-OH is 2. The highest BCUT2D eigenvalue weighted by molar-refractivity contribution is 6.39. The largest absolute Gasteiger partial charge is 0.460 e. The SMILES string of the molecule is CO[C@H]1CC2CC[C@@H](C)[C@@](O)(O2)C(=O)C(=O)N2CCCCC2C(=O)OC([C@H](C)CC2CC[C@@H](O)[C@H](OC)C2)CC(=O)/C(C)=C/C(C)[C@@H](O)[C@@H](OC)C(=O)[C@H](C)C[C@H](C)C=CC=CC=C1C. The maximum atomic E-state index is 14.4. The van der Waals surface area contributed by atoms with Gasteiger partial charge in [0.1, 0.15) is 18.2 Å². The van der Waals surface area contributed by atoms with Gasteiger partial charge >= 0.3 is 5.97 Å². The molecule has 0 aromatic carbocycles. The van der Waals surface area contributed by atoms with Gasteiger partial charge in [-0.2, -0.15) is 0 Å². The molecule has 15 atom stereocenters. The minimum absolute atomic E-state index is 0.0220. The minimum atomic E-state index is -2.43. The first kappa shape index (κ1) is 54.2. The zero-order valence-electron chi connectivity index (χ0n) is 40.6. The molecule has 1 aliphatic carbocycles. The number of cyclic esters (lactones) is 1. The van der Waals surface area contributed by atoms with E-state index in [4.69, 9.17) is 23.7 Å². The van der Waals surface area contributed by atoms with Crippen molar-refractivity contribution >= 4 is 29.2 Å². The fraction of sp³-hybridized carbons (Fsp3) is 0.745. The molecule has 3 heterocycles. The Morgan fingerprint density at radius 1 is 0.862 bits per heavy atom. The second-order valence-electron chi connectivity index (χ2n) is 19.6. The monoisotopic (exact) mass is 914 g/mol. The highest BCUT2D eigenvalue weighted by Crippen LogP contribution is 2.38. The van der Waals surface area contributed by atoms with Crippen LogP contribution in [0.1, 0.15) is 126 Å². The molecule has 0 aromatic rings. The van der Waals surface area contributed by atoms with Crippen molar-refractivity contribution in [2.45, 2.75) is 180 Å². The summed E-state index contributed by atoms with van der Waals surface area (Å²) in [4.78, 5) is 71.7. The van der Waals surface area contributed by atoms with Crippen molar-refractivity contribution in [3.8, 4) is 0 Å². The van der Waals surface area contributed by atoms with Crippen LogP contribution in [0.3, 0.4) is 0 Å². The topological polar surface area (TPSA) is 195 Å². The lowest BCUT2D eigenvalue weighted by molar-refractivity contribution is -0.265. The molecule has 0 aromatic heterocycles. The smallest absolute Gasteiger partial charge is 0.329 e. The number of hydrogen-bond acceptors (Lipinski definition) is 13. The van der Waals surface area contributed by atoms with Gasteiger partial charge in [0, 0.05) is 58.5 Å². The Labute approximate surface area is 387 Å². The molecule has 5 unspecified atom stereocenters. The number of fused-ring (bicyclic) bond motifs is 3. The summed E-state index contributed by atoms with van der Waals surface area (Å²) in [5.41, 5.74) is 1.19. The van der Waals surface area contributed by atoms with Crippen molar-refractivity contribution in [2.24, 2.45) is 35.5 Å². The second kappa shape index (κ2) is 25.1. The Bertz CT molecular complexity index is 1760. The lowest BCUT2D eigenvalue weighted by Gasteiger charge is -2.42. The van der Waals surface area contributed by atoms with E-state index in [0.29, 0.717) is 63.4 Å². The maximum absolute atomic E-state index is 14.4. The fourth-order valence-electron chi connectivity index (χ4n) is 10.1. The molecule has 3 N–H and O–H groups in total. The number of carbonyl (C=O) groups excluding carboxylic acids is 5. The third-order valence-corrected chi connectivity index (χ3v) is 14.5. The fourth-order valence-corrected chi connectivity index (χ4v) is 10.1. The van der Waals surface area contributed by atoms with Crippen LogP contribution in [0.25, 0.3) is 0 Å². The first-order valence-corrected chi connectivity index (χ1v) is 23.9. The first-order valence-electron chi connectivity index (χ1n) is 23.9. The molecule has 2 saturated heterocycles. The molecule has 14 heteroatoms. The van der Waals surface area contributed by atoms with Gasteiger partial charge in [0.05, 0.1) is 30.5 Å². The number of amides is 1. The number of ketones is 3. The lowest BCUT2D eigenvalue weighted by Crippen LogP contribution is -2.61. The molecule has 366 valence electrons. The van der Waals surface area contributed by atoms with Gasteiger partial charge < -0.3 is 43.9 Å². The zero-order valence-corrected chi connectivity index (χ0v) is 40.6. The molecule has 2 bridgehead atoms. The van der Waals surface area contributed by atoms with E-state index in [1.165, 1.54) is 12.0 Å².